The van der Waals surface area contributed by atoms with Crippen LogP contribution in [0.25, 0.3) is 0 Å². The molecule has 1 saturated heterocycles. The van der Waals surface area contributed by atoms with Gasteiger partial charge in [-0.1, -0.05) is 48.0 Å². The molecule has 1 aliphatic rings. The number of aromatic nitrogens is 1. The van der Waals surface area contributed by atoms with Crippen LogP contribution >= 0.6 is 11.6 Å². The lowest BCUT2D eigenvalue weighted by Crippen LogP contribution is -2.52. The minimum absolute atomic E-state index is 0.0307. The van der Waals surface area contributed by atoms with Crippen molar-refractivity contribution >= 4 is 17.3 Å². The molecule has 198 valence electrons. The summed E-state index contributed by atoms with van der Waals surface area (Å²) in [5.41, 5.74) is 1.21. The fourth-order valence-corrected chi connectivity index (χ4v) is 5.09. The normalized spacial score (nSPS) is 18.5. The first-order valence-corrected chi connectivity index (χ1v) is 13.0. The number of benzene rings is 2. The average molecular weight is 526 g/mol. The van der Waals surface area contributed by atoms with Crippen molar-refractivity contribution < 1.29 is 20.1 Å². The van der Waals surface area contributed by atoms with E-state index in [4.69, 9.17) is 21.4 Å². The van der Waals surface area contributed by atoms with Gasteiger partial charge >= 0.3 is 0 Å². The lowest BCUT2D eigenvalue weighted by molar-refractivity contribution is 0.00970. The van der Waals surface area contributed by atoms with E-state index < -0.39 is 11.2 Å². The third kappa shape index (κ3) is 6.61. The molecule has 1 fully saturated rings. The number of ether oxygens (including phenoxy) is 1. The second-order valence-electron chi connectivity index (χ2n) is 10.3. The molecule has 0 radical (unpaired) electrons. The first-order valence-electron chi connectivity index (χ1n) is 12.6. The summed E-state index contributed by atoms with van der Waals surface area (Å²) in [5.74, 6) is 0.623. The van der Waals surface area contributed by atoms with Crippen molar-refractivity contribution in [2.75, 3.05) is 44.3 Å². The highest BCUT2D eigenvalue weighted by Gasteiger charge is 2.34. The van der Waals surface area contributed by atoms with E-state index in [2.05, 4.69) is 26.9 Å². The molecule has 2 atom stereocenters. The number of anilines is 1. The van der Waals surface area contributed by atoms with E-state index in [1.54, 1.807) is 39.1 Å². The van der Waals surface area contributed by atoms with Crippen LogP contribution in [0.15, 0.2) is 66.9 Å². The van der Waals surface area contributed by atoms with Crippen molar-refractivity contribution in [1.82, 2.24) is 9.88 Å². The SMILES string of the molecule is CC(C)(O)c1ccc([C@](C)(O)CN2CCN(c3ccc(OCCO)cc3Cl)[C@H](c3ccccc3)C2)cn1. The Morgan fingerprint density at radius 1 is 1.03 bits per heavy atom. The van der Waals surface area contributed by atoms with Crippen LogP contribution in [0.1, 0.15) is 43.6 Å². The summed E-state index contributed by atoms with van der Waals surface area (Å²) in [7, 11) is 0. The molecule has 3 aromatic rings. The van der Waals surface area contributed by atoms with Crippen LogP contribution in [0.3, 0.4) is 0 Å². The van der Waals surface area contributed by atoms with Crippen molar-refractivity contribution in [2.45, 2.75) is 38.0 Å². The minimum atomic E-state index is -1.11. The Labute approximate surface area is 223 Å². The van der Waals surface area contributed by atoms with Crippen molar-refractivity contribution in [1.29, 1.82) is 0 Å². The average Bonchev–Trinajstić information content (AvgIpc) is 2.87. The third-order valence-corrected chi connectivity index (χ3v) is 7.08. The Morgan fingerprint density at radius 2 is 1.78 bits per heavy atom. The summed E-state index contributed by atoms with van der Waals surface area (Å²) in [5, 5.41) is 31.2. The zero-order valence-corrected chi connectivity index (χ0v) is 22.4. The molecule has 0 spiro atoms. The number of aliphatic hydroxyl groups excluding tert-OH is 1. The third-order valence-electron chi connectivity index (χ3n) is 6.78. The molecule has 0 bridgehead atoms. The Hall–Kier alpha value is -2.68. The lowest BCUT2D eigenvalue weighted by Gasteiger charge is -2.45. The van der Waals surface area contributed by atoms with E-state index >= 15 is 0 Å². The molecule has 3 N–H and O–H groups in total. The molecule has 0 unspecified atom stereocenters. The zero-order valence-electron chi connectivity index (χ0n) is 21.6. The predicted octanol–water partition coefficient (Wildman–Crippen LogP) is 4.10. The summed E-state index contributed by atoms with van der Waals surface area (Å²) in [4.78, 5) is 8.96. The standard InChI is InChI=1S/C29H36ClN3O4/c1-28(2,35)27-12-9-22(18-31-27)29(3,36)20-32-13-14-33(26(19-32)21-7-5-4-6-8-21)25-11-10-23(17-24(25)30)37-16-15-34/h4-12,17-18,26,34-36H,13-16,19-20H2,1-3H3/t26-,29+/m0/s1. The second-order valence-corrected chi connectivity index (χ2v) is 10.7. The van der Waals surface area contributed by atoms with Crippen molar-refractivity contribution in [3.05, 3.63) is 88.7 Å². The molecule has 0 amide bonds. The topological polar surface area (TPSA) is 89.3 Å². The monoisotopic (exact) mass is 525 g/mol. The Morgan fingerprint density at radius 3 is 2.41 bits per heavy atom. The van der Waals surface area contributed by atoms with Crippen LogP contribution in [0, 0.1) is 0 Å². The van der Waals surface area contributed by atoms with Crippen LogP contribution in [0.2, 0.25) is 5.02 Å². The van der Waals surface area contributed by atoms with Gasteiger partial charge in [-0.3, -0.25) is 9.88 Å². The molecule has 2 aromatic carbocycles. The molecular formula is C29H36ClN3O4. The van der Waals surface area contributed by atoms with Gasteiger partial charge in [0, 0.05) is 44.0 Å². The largest absolute Gasteiger partial charge is 0.491 e. The molecule has 1 aromatic heterocycles. The van der Waals surface area contributed by atoms with Gasteiger partial charge in [0.25, 0.3) is 0 Å². The molecule has 0 saturated carbocycles. The van der Waals surface area contributed by atoms with Gasteiger partial charge in [-0.05, 0) is 44.5 Å². The lowest BCUT2D eigenvalue weighted by atomic mass is 9.94. The summed E-state index contributed by atoms with van der Waals surface area (Å²) in [6, 6.07) is 19.6. The van der Waals surface area contributed by atoms with Gasteiger partial charge in [-0.2, -0.15) is 0 Å². The molecule has 7 nitrogen and oxygen atoms in total. The summed E-state index contributed by atoms with van der Waals surface area (Å²) < 4.78 is 5.52. The van der Waals surface area contributed by atoms with Gasteiger partial charge in [0.2, 0.25) is 0 Å². The summed E-state index contributed by atoms with van der Waals surface area (Å²) in [6.45, 7) is 7.97. The van der Waals surface area contributed by atoms with Crippen LogP contribution < -0.4 is 9.64 Å². The number of aliphatic hydroxyl groups is 3. The molecule has 1 aliphatic heterocycles. The van der Waals surface area contributed by atoms with E-state index in [9.17, 15) is 10.2 Å². The molecule has 8 heteroatoms. The number of hydrogen-bond acceptors (Lipinski definition) is 7. The van der Waals surface area contributed by atoms with E-state index in [0.717, 1.165) is 18.8 Å². The predicted molar refractivity (Wildman–Crippen MR) is 146 cm³/mol. The first-order chi connectivity index (χ1) is 17.6. The Kier molecular flexibility index (Phi) is 8.41. The molecule has 2 heterocycles. The molecule has 0 aliphatic carbocycles. The van der Waals surface area contributed by atoms with Crippen molar-refractivity contribution in [3.8, 4) is 5.75 Å². The van der Waals surface area contributed by atoms with Crippen LogP contribution in [0.4, 0.5) is 5.69 Å². The number of β-amino-alcohol motifs (C(OH)–C–C–N with tert-alkyl or cyclic N) is 1. The number of nitrogens with zero attached hydrogens (tertiary/aromatic N) is 3. The number of halogens is 1. The minimum Gasteiger partial charge on any atom is -0.491 e. The fourth-order valence-electron chi connectivity index (χ4n) is 4.81. The first kappa shape index (κ1) is 27.4. The Balaban J connectivity index is 1.55. The fraction of sp³-hybridized carbons (Fsp3) is 0.414. The number of pyridine rings is 1. The van der Waals surface area contributed by atoms with Crippen molar-refractivity contribution in [3.63, 3.8) is 0 Å². The van der Waals surface area contributed by atoms with E-state index in [1.807, 2.05) is 36.4 Å². The maximum Gasteiger partial charge on any atom is 0.121 e. The van der Waals surface area contributed by atoms with Gasteiger partial charge < -0.3 is 25.0 Å². The van der Waals surface area contributed by atoms with E-state index in [1.165, 1.54) is 5.56 Å². The highest BCUT2D eigenvalue weighted by Crippen LogP contribution is 2.37. The Bertz CT molecular complexity index is 1170. The van der Waals surface area contributed by atoms with Gasteiger partial charge in [0.05, 0.1) is 29.1 Å². The highest BCUT2D eigenvalue weighted by atomic mass is 35.5. The van der Waals surface area contributed by atoms with Crippen LogP contribution in [-0.4, -0.2) is 64.6 Å². The smallest absolute Gasteiger partial charge is 0.121 e. The van der Waals surface area contributed by atoms with Crippen LogP contribution in [-0.2, 0) is 11.2 Å². The van der Waals surface area contributed by atoms with Crippen molar-refractivity contribution in [2.24, 2.45) is 0 Å². The zero-order chi connectivity index (χ0) is 26.6. The number of hydrogen-bond donors (Lipinski definition) is 3. The molecule has 4 rings (SSSR count). The maximum absolute atomic E-state index is 11.4. The second kappa shape index (κ2) is 11.4. The number of piperazine rings is 1. The van der Waals surface area contributed by atoms with Gasteiger partial charge in [0.1, 0.15) is 23.6 Å². The summed E-state index contributed by atoms with van der Waals surface area (Å²) in [6.07, 6.45) is 1.65. The quantitative estimate of drug-likeness (QED) is 0.387. The van der Waals surface area contributed by atoms with E-state index in [0.29, 0.717) is 35.1 Å². The summed E-state index contributed by atoms with van der Waals surface area (Å²) >= 11 is 6.70. The number of rotatable bonds is 9. The van der Waals surface area contributed by atoms with Gasteiger partial charge in [-0.15, -0.1) is 0 Å². The van der Waals surface area contributed by atoms with E-state index in [-0.39, 0.29) is 19.3 Å². The molecule has 37 heavy (non-hydrogen) atoms. The maximum atomic E-state index is 11.4. The van der Waals surface area contributed by atoms with Crippen LogP contribution in [0.5, 0.6) is 5.75 Å². The molecular weight excluding hydrogens is 490 g/mol. The van der Waals surface area contributed by atoms with Gasteiger partial charge in [-0.25, -0.2) is 0 Å². The highest BCUT2D eigenvalue weighted by molar-refractivity contribution is 6.33. The van der Waals surface area contributed by atoms with Gasteiger partial charge in [0.15, 0.2) is 0 Å².